The van der Waals surface area contributed by atoms with Crippen LogP contribution in [0, 0.1) is 0 Å². The monoisotopic (exact) mass is 367 g/mol. The van der Waals surface area contributed by atoms with Gasteiger partial charge >= 0.3 is 0 Å². The van der Waals surface area contributed by atoms with Gasteiger partial charge in [-0.2, -0.15) is 0 Å². The van der Waals surface area contributed by atoms with Crippen molar-refractivity contribution in [2.45, 2.75) is 44.9 Å². The highest BCUT2D eigenvalue weighted by Gasteiger charge is 2.14. The summed E-state index contributed by atoms with van der Waals surface area (Å²) < 4.78 is 17.0. The molecule has 0 radical (unpaired) electrons. The van der Waals surface area contributed by atoms with E-state index < -0.39 is 0 Å². The molecule has 0 aliphatic carbocycles. The van der Waals surface area contributed by atoms with Gasteiger partial charge in [0.15, 0.2) is 6.29 Å². The number of rotatable bonds is 7. The van der Waals surface area contributed by atoms with Crippen molar-refractivity contribution in [2.24, 2.45) is 0 Å². The van der Waals surface area contributed by atoms with Crippen LogP contribution in [0.5, 0.6) is 0 Å². The van der Waals surface area contributed by atoms with E-state index >= 15 is 0 Å². The van der Waals surface area contributed by atoms with Crippen molar-refractivity contribution < 1.29 is 14.2 Å². The molecule has 1 fully saturated rings. The van der Waals surface area contributed by atoms with Gasteiger partial charge in [-0.1, -0.05) is 36.4 Å². The molecule has 1 N–H and O–H groups in total. The lowest BCUT2D eigenvalue weighted by atomic mass is 9.98. The minimum absolute atomic E-state index is 0.0256. The van der Waals surface area contributed by atoms with Crippen molar-refractivity contribution >= 4 is 5.69 Å². The summed E-state index contributed by atoms with van der Waals surface area (Å²) in [6, 6.07) is 15.4. The summed E-state index contributed by atoms with van der Waals surface area (Å²) in [5, 5.41) is 3.56. The number of benzene rings is 2. The molecule has 1 saturated heterocycles. The average molecular weight is 367 g/mol. The fourth-order valence-electron chi connectivity index (χ4n) is 3.79. The van der Waals surface area contributed by atoms with Gasteiger partial charge < -0.3 is 19.5 Å². The second kappa shape index (κ2) is 9.36. The molecule has 0 bridgehead atoms. The van der Waals surface area contributed by atoms with Crippen LogP contribution in [0.1, 0.15) is 41.5 Å². The van der Waals surface area contributed by atoms with Gasteiger partial charge in [-0.3, -0.25) is 0 Å². The molecule has 4 nitrogen and oxygen atoms in total. The van der Waals surface area contributed by atoms with Crippen molar-refractivity contribution in [3.05, 3.63) is 64.7 Å². The second-order valence-electron chi connectivity index (χ2n) is 7.32. The molecule has 4 heteroatoms. The van der Waals surface area contributed by atoms with E-state index in [1.165, 1.54) is 34.4 Å². The average Bonchev–Trinajstić information content (AvgIpc) is 2.90. The first-order valence-electron chi connectivity index (χ1n) is 10.1. The fraction of sp³-hybridized carbons (Fsp3) is 0.478. The molecule has 2 aromatic rings. The molecular weight excluding hydrogens is 338 g/mol. The molecule has 0 spiro atoms. The van der Waals surface area contributed by atoms with Crippen molar-refractivity contribution in [2.75, 3.05) is 31.7 Å². The van der Waals surface area contributed by atoms with Gasteiger partial charge in [-0.05, 0) is 60.4 Å². The quantitative estimate of drug-likeness (QED) is 0.741. The Morgan fingerprint density at radius 3 is 2.78 bits per heavy atom. The van der Waals surface area contributed by atoms with Crippen molar-refractivity contribution in [3.8, 4) is 0 Å². The second-order valence-corrected chi connectivity index (χ2v) is 7.32. The van der Waals surface area contributed by atoms with E-state index in [2.05, 4.69) is 47.8 Å². The van der Waals surface area contributed by atoms with Crippen molar-refractivity contribution in [3.63, 3.8) is 0 Å². The van der Waals surface area contributed by atoms with Gasteiger partial charge in [-0.15, -0.1) is 0 Å². The number of ether oxygens (including phenoxy) is 3. The lowest BCUT2D eigenvalue weighted by Crippen LogP contribution is -2.24. The molecule has 4 rings (SSSR count). The minimum atomic E-state index is -0.0256. The maximum absolute atomic E-state index is 5.76. The Labute approximate surface area is 161 Å². The van der Waals surface area contributed by atoms with E-state index in [1.54, 1.807) is 0 Å². The highest BCUT2D eigenvalue weighted by molar-refractivity contribution is 5.57. The van der Waals surface area contributed by atoms with Crippen LogP contribution in [-0.2, 0) is 33.6 Å². The van der Waals surface area contributed by atoms with Crippen LogP contribution in [-0.4, -0.2) is 32.7 Å². The molecule has 2 aliphatic rings. The molecule has 2 heterocycles. The standard InChI is InChI=1S/C23H29NO3/c1-2-6-20-17-24-22-9-8-18(15-21(22)16-19(20)5-1)10-12-25-13-14-27-23-7-3-4-11-26-23/h1-2,5-6,8-9,15,23-24H,3-4,7,10-14,16-17H2. The Morgan fingerprint density at radius 1 is 0.963 bits per heavy atom. The summed E-state index contributed by atoms with van der Waals surface area (Å²) >= 11 is 0. The summed E-state index contributed by atoms with van der Waals surface area (Å²) in [4.78, 5) is 0. The predicted octanol–water partition coefficient (Wildman–Crippen LogP) is 4.31. The van der Waals surface area contributed by atoms with Crippen molar-refractivity contribution in [1.29, 1.82) is 0 Å². The normalized spacial score (nSPS) is 18.9. The highest BCUT2D eigenvalue weighted by atomic mass is 16.7. The largest absolute Gasteiger partial charge is 0.381 e. The number of hydrogen-bond acceptors (Lipinski definition) is 4. The van der Waals surface area contributed by atoms with Crippen LogP contribution >= 0.6 is 0 Å². The summed E-state index contributed by atoms with van der Waals surface area (Å²) in [7, 11) is 0. The van der Waals surface area contributed by atoms with Crippen LogP contribution < -0.4 is 5.32 Å². The van der Waals surface area contributed by atoms with E-state index in [-0.39, 0.29) is 6.29 Å². The zero-order valence-corrected chi connectivity index (χ0v) is 15.9. The van der Waals surface area contributed by atoms with Gasteiger partial charge in [0.25, 0.3) is 0 Å². The number of nitrogens with one attached hydrogen (secondary N) is 1. The molecular formula is C23H29NO3. The Hall–Kier alpha value is -1.88. The molecule has 27 heavy (non-hydrogen) atoms. The van der Waals surface area contributed by atoms with Crippen molar-refractivity contribution in [1.82, 2.24) is 0 Å². The van der Waals surface area contributed by atoms with Gasteiger partial charge in [-0.25, -0.2) is 0 Å². The van der Waals surface area contributed by atoms with E-state index in [4.69, 9.17) is 14.2 Å². The van der Waals surface area contributed by atoms with Gasteiger partial charge in [0, 0.05) is 18.8 Å². The molecule has 0 saturated carbocycles. The Kier molecular flexibility index (Phi) is 6.40. The topological polar surface area (TPSA) is 39.7 Å². The minimum Gasteiger partial charge on any atom is -0.381 e. The fourth-order valence-corrected chi connectivity index (χ4v) is 3.79. The zero-order chi connectivity index (χ0) is 18.3. The zero-order valence-electron chi connectivity index (χ0n) is 15.9. The first-order valence-corrected chi connectivity index (χ1v) is 10.1. The summed E-state index contributed by atoms with van der Waals surface area (Å²) in [6.07, 6.45) is 5.24. The summed E-state index contributed by atoms with van der Waals surface area (Å²) in [5.74, 6) is 0. The molecule has 144 valence electrons. The molecule has 2 aromatic carbocycles. The van der Waals surface area contributed by atoms with Crippen LogP contribution in [0.3, 0.4) is 0 Å². The third-order valence-electron chi connectivity index (χ3n) is 5.34. The molecule has 1 unspecified atom stereocenters. The third kappa shape index (κ3) is 5.10. The van der Waals surface area contributed by atoms with Crippen LogP contribution in [0.2, 0.25) is 0 Å². The summed E-state index contributed by atoms with van der Waals surface area (Å²) in [5.41, 5.74) is 6.75. The first kappa shape index (κ1) is 18.5. The van der Waals surface area contributed by atoms with Crippen LogP contribution in [0.15, 0.2) is 42.5 Å². The Morgan fingerprint density at radius 2 is 1.89 bits per heavy atom. The molecule has 1 atom stereocenters. The molecule has 2 aliphatic heterocycles. The predicted molar refractivity (Wildman–Crippen MR) is 107 cm³/mol. The van der Waals surface area contributed by atoms with E-state index in [9.17, 15) is 0 Å². The van der Waals surface area contributed by atoms with Gasteiger partial charge in [0.2, 0.25) is 0 Å². The number of fused-ring (bicyclic) bond motifs is 2. The number of anilines is 1. The maximum atomic E-state index is 5.76. The number of hydrogen-bond donors (Lipinski definition) is 1. The van der Waals surface area contributed by atoms with Gasteiger partial charge in [0.05, 0.1) is 19.8 Å². The smallest absolute Gasteiger partial charge is 0.157 e. The lowest BCUT2D eigenvalue weighted by molar-refractivity contribution is -0.168. The SMILES string of the molecule is c1ccc2c(c1)CNc1ccc(CCOCCOC3CCCCO3)cc1C2. The van der Waals surface area contributed by atoms with E-state index in [0.29, 0.717) is 13.2 Å². The van der Waals surface area contributed by atoms with E-state index in [0.717, 1.165) is 45.4 Å². The molecule has 0 amide bonds. The van der Waals surface area contributed by atoms with Gasteiger partial charge in [0.1, 0.15) is 0 Å². The Balaban J connectivity index is 1.23. The lowest BCUT2D eigenvalue weighted by Gasteiger charge is -2.22. The molecule has 0 aromatic heterocycles. The first-order chi connectivity index (χ1) is 13.4. The third-order valence-corrected chi connectivity index (χ3v) is 5.34. The van der Waals surface area contributed by atoms with Crippen LogP contribution in [0.25, 0.3) is 0 Å². The maximum Gasteiger partial charge on any atom is 0.157 e. The van der Waals surface area contributed by atoms with E-state index in [1.807, 2.05) is 0 Å². The van der Waals surface area contributed by atoms with Crippen LogP contribution in [0.4, 0.5) is 5.69 Å². The highest BCUT2D eigenvalue weighted by Crippen LogP contribution is 2.27. The Bertz CT molecular complexity index is 740. The summed E-state index contributed by atoms with van der Waals surface area (Å²) in [6.45, 7) is 3.67.